The third-order valence-electron chi connectivity index (χ3n) is 4.92. The van der Waals surface area contributed by atoms with Gasteiger partial charge in [-0.15, -0.1) is 0 Å². The zero-order valence-electron chi connectivity index (χ0n) is 16.5. The fourth-order valence-corrected chi connectivity index (χ4v) is 3.96. The van der Waals surface area contributed by atoms with E-state index in [-0.39, 0.29) is 12.3 Å². The first-order valence-electron chi connectivity index (χ1n) is 9.40. The fraction of sp³-hybridized carbons (Fsp3) is 0.526. The van der Waals surface area contributed by atoms with E-state index in [1.807, 2.05) is 12.1 Å². The van der Waals surface area contributed by atoms with E-state index in [2.05, 4.69) is 36.1 Å². The van der Waals surface area contributed by atoms with Crippen LogP contribution in [0.15, 0.2) is 28.8 Å². The molecule has 0 radical (unpaired) electrons. The molecule has 1 aliphatic rings. The van der Waals surface area contributed by atoms with Crippen LogP contribution in [0.3, 0.4) is 0 Å². The number of hydrogen-bond acceptors (Lipinski definition) is 6. The van der Waals surface area contributed by atoms with Gasteiger partial charge in [-0.2, -0.15) is 9.29 Å². The molecule has 1 aromatic carbocycles. The van der Waals surface area contributed by atoms with Crippen LogP contribution >= 0.6 is 0 Å². The van der Waals surface area contributed by atoms with E-state index in [1.165, 1.54) is 16.1 Å². The Hall–Kier alpha value is -2.26. The van der Waals surface area contributed by atoms with E-state index < -0.39 is 10.0 Å². The average molecular weight is 407 g/mol. The first-order valence-corrected chi connectivity index (χ1v) is 11.2. The number of aryl methyl sites for hydroxylation is 1. The molecule has 9 heteroatoms. The van der Waals surface area contributed by atoms with Crippen molar-refractivity contribution in [1.29, 1.82) is 0 Å². The Morgan fingerprint density at radius 2 is 1.79 bits per heavy atom. The highest BCUT2D eigenvalue weighted by molar-refractivity contribution is 7.88. The molecule has 1 aromatic heterocycles. The summed E-state index contributed by atoms with van der Waals surface area (Å²) in [5.41, 5.74) is 2.12. The lowest BCUT2D eigenvalue weighted by atomic mass is 10.0. The Morgan fingerprint density at radius 3 is 2.36 bits per heavy atom. The molecule has 8 nitrogen and oxygen atoms in total. The standard InChI is InChI=1S/C19H26N4O4S/c1-14(2)15-4-6-16(7-5-15)19-20-17(27-21-19)8-9-18(24)22-10-12-23(13-11-22)28(3,25)26/h4-7,14H,8-13H2,1-3H3. The first-order chi connectivity index (χ1) is 13.2. The third-order valence-corrected chi connectivity index (χ3v) is 6.22. The maximum atomic E-state index is 12.4. The van der Waals surface area contributed by atoms with Gasteiger partial charge in [-0.05, 0) is 11.5 Å². The number of nitrogens with zero attached hydrogens (tertiary/aromatic N) is 4. The lowest BCUT2D eigenvalue weighted by Gasteiger charge is -2.33. The molecule has 3 rings (SSSR count). The first kappa shape index (κ1) is 20.5. The molecule has 1 saturated heterocycles. The van der Waals surface area contributed by atoms with Crippen molar-refractivity contribution in [3.63, 3.8) is 0 Å². The van der Waals surface area contributed by atoms with Crippen LogP contribution in [0.4, 0.5) is 0 Å². The van der Waals surface area contributed by atoms with E-state index >= 15 is 0 Å². The predicted molar refractivity (Wildman–Crippen MR) is 105 cm³/mol. The average Bonchev–Trinajstić information content (AvgIpc) is 3.14. The van der Waals surface area contributed by atoms with Crippen molar-refractivity contribution < 1.29 is 17.7 Å². The van der Waals surface area contributed by atoms with Gasteiger partial charge in [0, 0.05) is 44.6 Å². The molecule has 0 N–H and O–H groups in total. The minimum absolute atomic E-state index is 0.0332. The van der Waals surface area contributed by atoms with Crippen molar-refractivity contribution in [3.05, 3.63) is 35.7 Å². The van der Waals surface area contributed by atoms with Crippen LogP contribution in [-0.4, -0.2) is 66.1 Å². The summed E-state index contributed by atoms with van der Waals surface area (Å²) in [6.45, 7) is 5.76. The van der Waals surface area contributed by atoms with Crippen molar-refractivity contribution in [2.45, 2.75) is 32.6 Å². The lowest BCUT2D eigenvalue weighted by Crippen LogP contribution is -2.50. The number of hydrogen-bond donors (Lipinski definition) is 0. The summed E-state index contributed by atoms with van der Waals surface area (Å²) >= 11 is 0. The molecule has 0 unspecified atom stereocenters. The van der Waals surface area contributed by atoms with Gasteiger partial charge in [0.25, 0.3) is 0 Å². The summed E-state index contributed by atoms with van der Waals surface area (Å²) in [6, 6.07) is 8.04. The SMILES string of the molecule is CC(C)c1ccc(-c2noc(CCC(=O)N3CCN(S(C)(=O)=O)CC3)n2)cc1. The van der Waals surface area contributed by atoms with Crippen LogP contribution in [0, 0.1) is 0 Å². The smallest absolute Gasteiger partial charge is 0.227 e. The minimum Gasteiger partial charge on any atom is -0.340 e. The van der Waals surface area contributed by atoms with E-state index in [1.54, 1.807) is 4.90 Å². The van der Waals surface area contributed by atoms with Crippen LogP contribution in [0.1, 0.15) is 37.6 Å². The van der Waals surface area contributed by atoms with E-state index in [0.717, 1.165) is 5.56 Å². The Kier molecular flexibility index (Phi) is 6.14. The topological polar surface area (TPSA) is 96.6 Å². The zero-order valence-corrected chi connectivity index (χ0v) is 17.3. The molecule has 1 amide bonds. The van der Waals surface area contributed by atoms with Gasteiger partial charge in [0.15, 0.2) is 0 Å². The maximum absolute atomic E-state index is 12.4. The molecule has 0 saturated carbocycles. The summed E-state index contributed by atoms with van der Waals surface area (Å²) in [7, 11) is -3.20. The predicted octanol–water partition coefficient (Wildman–Crippen LogP) is 1.90. The van der Waals surface area contributed by atoms with E-state index in [4.69, 9.17) is 4.52 Å². The molecule has 1 fully saturated rings. The minimum atomic E-state index is -3.20. The van der Waals surface area contributed by atoms with Crippen LogP contribution in [-0.2, 0) is 21.2 Å². The zero-order chi connectivity index (χ0) is 20.3. The van der Waals surface area contributed by atoms with Gasteiger partial charge in [-0.1, -0.05) is 43.3 Å². The van der Waals surface area contributed by atoms with Crippen LogP contribution in [0.5, 0.6) is 0 Å². The second-order valence-electron chi connectivity index (χ2n) is 7.33. The highest BCUT2D eigenvalue weighted by atomic mass is 32.2. The van der Waals surface area contributed by atoms with Gasteiger partial charge in [0.05, 0.1) is 6.26 Å². The van der Waals surface area contributed by atoms with Crippen LogP contribution < -0.4 is 0 Å². The van der Waals surface area contributed by atoms with Gasteiger partial charge in [0.2, 0.25) is 27.6 Å². The normalized spacial score (nSPS) is 15.9. The molecular weight excluding hydrogens is 380 g/mol. The number of piperazine rings is 1. The molecular formula is C19H26N4O4S. The van der Waals surface area contributed by atoms with Gasteiger partial charge >= 0.3 is 0 Å². The molecule has 152 valence electrons. The summed E-state index contributed by atoms with van der Waals surface area (Å²) < 4.78 is 29.8. The van der Waals surface area contributed by atoms with Gasteiger partial charge in [-0.3, -0.25) is 4.79 Å². The maximum Gasteiger partial charge on any atom is 0.227 e. The summed E-state index contributed by atoms with van der Waals surface area (Å²) in [5.74, 6) is 1.36. The molecule has 0 aliphatic carbocycles. The van der Waals surface area contributed by atoms with Crippen molar-refractivity contribution in [1.82, 2.24) is 19.3 Å². The summed E-state index contributed by atoms with van der Waals surface area (Å²) in [6.07, 6.45) is 1.81. The number of carbonyl (C=O) groups excluding carboxylic acids is 1. The van der Waals surface area contributed by atoms with Crippen molar-refractivity contribution in [2.75, 3.05) is 32.4 Å². The monoisotopic (exact) mass is 406 g/mol. The van der Waals surface area contributed by atoms with Crippen molar-refractivity contribution >= 4 is 15.9 Å². The highest BCUT2D eigenvalue weighted by Gasteiger charge is 2.26. The highest BCUT2D eigenvalue weighted by Crippen LogP contribution is 2.21. The van der Waals surface area contributed by atoms with Crippen molar-refractivity contribution in [2.24, 2.45) is 0 Å². The Morgan fingerprint density at radius 1 is 1.14 bits per heavy atom. The largest absolute Gasteiger partial charge is 0.340 e. The Bertz CT molecular complexity index is 914. The molecule has 0 spiro atoms. The summed E-state index contributed by atoms with van der Waals surface area (Å²) in [5, 5.41) is 4.00. The molecule has 2 heterocycles. The van der Waals surface area contributed by atoms with Gasteiger partial charge in [0.1, 0.15) is 0 Å². The Labute approximate surface area is 165 Å². The second-order valence-corrected chi connectivity index (χ2v) is 9.31. The van der Waals surface area contributed by atoms with Crippen molar-refractivity contribution in [3.8, 4) is 11.4 Å². The number of carbonyl (C=O) groups is 1. The van der Waals surface area contributed by atoms with E-state index in [0.29, 0.717) is 50.2 Å². The lowest BCUT2D eigenvalue weighted by molar-refractivity contribution is -0.132. The second kappa shape index (κ2) is 8.40. The number of amides is 1. The van der Waals surface area contributed by atoms with Gasteiger partial charge < -0.3 is 9.42 Å². The quantitative estimate of drug-likeness (QED) is 0.727. The molecule has 0 atom stereocenters. The molecule has 1 aliphatic heterocycles. The van der Waals surface area contributed by atoms with Crippen LogP contribution in [0.2, 0.25) is 0 Å². The number of sulfonamides is 1. The Balaban J connectivity index is 1.52. The molecule has 0 bridgehead atoms. The number of rotatable bonds is 6. The fourth-order valence-electron chi connectivity index (χ4n) is 3.13. The third kappa shape index (κ3) is 4.96. The number of benzene rings is 1. The van der Waals surface area contributed by atoms with Crippen LogP contribution in [0.25, 0.3) is 11.4 Å². The van der Waals surface area contributed by atoms with Gasteiger partial charge in [-0.25, -0.2) is 8.42 Å². The van der Waals surface area contributed by atoms with E-state index in [9.17, 15) is 13.2 Å². The summed E-state index contributed by atoms with van der Waals surface area (Å²) in [4.78, 5) is 18.4. The molecule has 2 aromatic rings. The molecule has 28 heavy (non-hydrogen) atoms. The number of aromatic nitrogens is 2.